The van der Waals surface area contributed by atoms with Gasteiger partial charge >= 0.3 is 0 Å². The SMILES string of the molecule is CCn1nccc1CC1(C(C)C)CCCN1. The molecule has 0 spiro atoms. The van der Waals surface area contributed by atoms with Crippen molar-refractivity contribution in [3.63, 3.8) is 0 Å². The normalized spacial score (nSPS) is 25.5. The quantitative estimate of drug-likeness (QED) is 0.845. The number of aromatic nitrogens is 2. The Bertz CT molecular complexity index is 335. The average molecular weight is 221 g/mol. The third-order valence-corrected chi connectivity index (χ3v) is 3.98. The molecular weight excluding hydrogens is 198 g/mol. The van der Waals surface area contributed by atoms with Crippen LogP contribution in [0.15, 0.2) is 12.3 Å². The first kappa shape index (κ1) is 11.6. The van der Waals surface area contributed by atoms with Gasteiger partial charge in [-0.15, -0.1) is 0 Å². The fourth-order valence-electron chi connectivity index (χ4n) is 2.80. The molecule has 0 aliphatic carbocycles. The van der Waals surface area contributed by atoms with Crippen LogP contribution >= 0.6 is 0 Å². The van der Waals surface area contributed by atoms with Gasteiger partial charge in [0.15, 0.2) is 0 Å². The summed E-state index contributed by atoms with van der Waals surface area (Å²) in [5.74, 6) is 0.676. The summed E-state index contributed by atoms with van der Waals surface area (Å²) < 4.78 is 2.12. The van der Waals surface area contributed by atoms with Crippen LogP contribution in [0.2, 0.25) is 0 Å². The van der Waals surface area contributed by atoms with E-state index in [2.05, 4.69) is 41.9 Å². The van der Waals surface area contributed by atoms with E-state index in [1.54, 1.807) is 0 Å². The van der Waals surface area contributed by atoms with E-state index in [1.807, 2.05) is 6.20 Å². The molecule has 1 aromatic rings. The minimum atomic E-state index is 0.299. The van der Waals surface area contributed by atoms with E-state index >= 15 is 0 Å². The highest BCUT2D eigenvalue weighted by Gasteiger charge is 2.37. The van der Waals surface area contributed by atoms with E-state index in [0.717, 1.165) is 13.0 Å². The second-order valence-electron chi connectivity index (χ2n) is 5.16. The van der Waals surface area contributed by atoms with Gasteiger partial charge in [-0.25, -0.2) is 0 Å². The van der Waals surface area contributed by atoms with Gasteiger partial charge in [0.05, 0.1) is 0 Å². The average Bonchev–Trinajstić information content (AvgIpc) is 2.88. The summed E-state index contributed by atoms with van der Waals surface area (Å²) in [4.78, 5) is 0. The van der Waals surface area contributed by atoms with Gasteiger partial charge in [0.2, 0.25) is 0 Å². The zero-order valence-electron chi connectivity index (χ0n) is 10.7. The molecule has 0 radical (unpaired) electrons. The second-order valence-corrected chi connectivity index (χ2v) is 5.16. The smallest absolute Gasteiger partial charge is 0.0492 e. The van der Waals surface area contributed by atoms with Crippen LogP contribution in [0.3, 0.4) is 0 Å². The number of hydrogen-bond donors (Lipinski definition) is 1. The van der Waals surface area contributed by atoms with Crippen molar-refractivity contribution in [2.45, 2.75) is 52.1 Å². The first-order valence-corrected chi connectivity index (χ1v) is 6.43. The minimum Gasteiger partial charge on any atom is -0.311 e. The number of hydrogen-bond acceptors (Lipinski definition) is 2. The van der Waals surface area contributed by atoms with E-state index in [1.165, 1.54) is 25.1 Å². The summed E-state index contributed by atoms with van der Waals surface area (Å²) in [7, 11) is 0. The van der Waals surface area contributed by atoms with Crippen LogP contribution in [0.25, 0.3) is 0 Å². The topological polar surface area (TPSA) is 29.9 Å². The molecular formula is C13H23N3. The van der Waals surface area contributed by atoms with E-state index in [0.29, 0.717) is 11.5 Å². The predicted molar refractivity (Wildman–Crippen MR) is 66.4 cm³/mol. The highest BCUT2D eigenvalue weighted by atomic mass is 15.3. The Morgan fingerprint density at radius 1 is 1.56 bits per heavy atom. The van der Waals surface area contributed by atoms with E-state index < -0.39 is 0 Å². The Hall–Kier alpha value is -0.830. The monoisotopic (exact) mass is 221 g/mol. The molecule has 0 saturated carbocycles. The summed E-state index contributed by atoms with van der Waals surface area (Å²) in [6.07, 6.45) is 5.62. The zero-order chi connectivity index (χ0) is 11.6. The molecule has 0 amide bonds. The van der Waals surface area contributed by atoms with Gasteiger partial charge in [-0.1, -0.05) is 13.8 Å². The molecule has 2 rings (SSSR count). The number of aryl methyl sites for hydroxylation is 1. The van der Waals surface area contributed by atoms with Crippen LogP contribution in [-0.2, 0) is 13.0 Å². The molecule has 0 aromatic carbocycles. The highest BCUT2D eigenvalue weighted by Crippen LogP contribution is 2.31. The van der Waals surface area contributed by atoms with Crippen LogP contribution in [-0.4, -0.2) is 21.9 Å². The molecule has 1 N–H and O–H groups in total. The number of nitrogens with one attached hydrogen (secondary N) is 1. The third-order valence-electron chi connectivity index (χ3n) is 3.98. The molecule has 1 aliphatic heterocycles. The molecule has 2 heterocycles. The van der Waals surface area contributed by atoms with Crippen molar-refractivity contribution in [3.8, 4) is 0 Å². The molecule has 1 aliphatic rings. The summed E-state index contributed by atoms with van der Waals surface area (Å²) >= 11 is 0. The van der Waals surface area contributed by atoms with Crippen molar-refractivity contribution < 1.29 is 0 Å². The molecule has 1 aromatic heterocycles. The first-order chi connectivity index (χ1) is 7.68. The van der Waals surface area contributed by atoms with E-state index in [4.69, 9.17) is 0 Å². The van der Waals surface area contributed by atoms with Gasteiger partial charge in [-0.3, -0.25) is 4.68 Å². The maximum atomic E-state index is 4.36. The third kappa shape index (κ3) is 2.01. The van der Waals surface area contributed by atoms with Crippen LogP contribution in [0, 0.1) is 5.92 Å². The lowest BCUT2D eigenvalue weighted by molar-refractivity contribution is 0.263. The fourth-order valence-corrected chi connectivity index (χ4v) is 2.80. The fraction of sp³-hybridized carbons (Fsp3) is 0.769. The maximum Gasteiger partial charge on any atom is 0.0492 e. The van der Waals surface area contributed by atoms with Gasteiger partial charge in [-0.05, 0) is 38.3 Å². The van der Waals surface area contributed by atoms with Crippen LogP contribution in [0.4, 0.5) is 0 Å². The van der Waals surface area contributed by atoms with Crippen molar-refractivity contribution in [3.05, 3.63) is 18.0 Å². The molecule has 1 atom stereocenters. The lowest BCUT2D eigenvalue weighted by Gasteiger charge is -2.34. The Labute approximate surface area is 98.2 Å². The van der Waals surface area contributed by atoms with E-state index in [9.17, 15) is 0 Å². The predicted octanol–water partition coefficient (Wildman–Crippen LogP) is 2.22. The summed E-state index contributed by atoms with van der Waals surface area (Å²) in [6.45, 7) is 8.94. The van der Waals surface area contributed by atoms with Gasteiger partial charge < -0.3 is 5.32 Å². The van der Waals surface area contributed by atoms with Crippen molar-refractivity contribution in [2.24, 2.45) is 5.92 Å². The van der Waals surface area contributed by atoms with Gasteiger partial charge in [0.25, 0.3) is 0 Å². The molecule has 3 heteroatoms. The summed E-state index contributed by atoms with van der Waals surface area (Å²) in [5, 5.41) is 8.07. The molecule has 1 fully saturated rings. The van der Waals surface area contributed by atoms with Crippen molar-refractivity contribution in [1.29, 1.82) is 0 Å². The Balaban J connectivity index is 2.18. The largest absolute Gasteiger partial charge is 0.311 e. The molecule has 1 unspecified atom stereocenters. The van der Waals surface area contributed by atoms with Crippen LogP contribution in [0.1, 0.15) is 39.3 Å². The van der Waals surface area contributed by atoms with E-state index in [-0.39, 0.29) is 0 Å². The van der Waals surface area contributed by atoms with Crippen molar-refractivity contribution >= 4 is 0 Å². The number of nitrogens with zero attached hydrogens (tertiary/aromatic N) is 2. The number of rotatable bonds is 4. The molecule has 90 valence electrons. The second kappa shape index (κ2) is 4.58. The summed E-state index contributed by atoms with van der Waals surface area (Å²) in [6, 6.07) is 2.16. The van der Waals surface area contributed by atoms with Crippen molar-refractivity contribution in [2.75, 3.05) is 6.54 Å². The Morgan fingerprint density at radius 2 is 2.38 bits per heavy atom. The highest BCUT2D eigenvalue weighted by molar-refractivity contribution is 5.10. The van der Waals surface area contributed by atoms with Gasteiger partial charge in [0, 0.05) is 30.4 Å². The molecule has 1 saturated heterocycles. The Morgan fingerprint density at radius 3 is 2.94 bits per heavy atom. The minimum absolute atomic E-state index is 0.299. The standard InChI is InChI=1S/C13H23N3/c1-4-16-12(6-9-15-16)10-13(11(2)3)7-5-8-14-13/h6,9,11,14H,4-5,7-8,10H2,1-3H3. The summed E-state index contributed by atoms with van der Waals surface area (Å²) in [5.41, 5.74) is 1.66. The lowest BCUT2D eigenvalue weighted by Crippen LogP contribution is -2.47. The van der Waals surface area contributed by atoms with Crippen LogP contribution in [0.5, 0.6) is 0 Å². The first-order valence-electron chi connectivity index (χ1n) is 6.43. The lowest BCUT2D eigenvalue weighted by atomic mass is 9.81. The van der Waals surface area contributed by atoms with Crippen LogP contribution < -0.4 is 5.32 Å². The molecule has 0 bridgehead atoms. The van der Waals surface area contributed by atoms with Crippen molar-refractivity contribution in [1.82, 2.24) is 15.1 Å². The maximum absolute atomic E-state index is 4.36. The zero-order valence-corrected chi connectivity index (χ0v) is 10.7. The Kier molecular flexibility index (Phi) is 3.33. The van der Waals surface area contributed by atoms with Gasteiger partial charge in [0.1, 0.15) is 0 Å². The van der Waals surface area contributed by atoms with Gasteiger partial charge in [-0.2, -0.15) is 5.10 Å². The molecule has 3 nitrogen and oxygen atoms in total. The molecule has 16 heavy (non-hydrogen) atoms.